The van der Waals surface area contributed by atoms with Gasteiger partial charge in [-0.25, -0.2) is 0 Å². The highest BCUT2D eigenvalue weighted by atomic mass is 32.2. The minimum Gasteiger partial charge on any atom is -0.481 e. The summed E-state index contributed by atoms with van der Waals surface area (Å²) in [5.41, 5.74) is 1.74. The van der Waals surface area contributed by atoms with Crippen LogP contribution in [0.25, 0.3) is 0 Å². The lowest BCUT2D eigenvalue weighted by atomic mass is 10.1. The molecule has 0 aliphatic carbocycles. The molecule has 0 aliphatic rings. The van der Waals surface area contributed by atoms with Crippen molar-refractivity contribution in [2.24, 2.45) is 0 Å². The number of hydrogen-bond acceptors (Lipinski definition) is 4. The van der Waals surface area contributed by atoms with Crippen LogP contribution in [-0.4, -0.2) is 29.9 Å². The summed E-state index contributed by atoms with van der Waals surface area (Å²) in [6, 6.07) is 7.34. The number of carbonyl (C=O) groups is 2. The molecule has 0 heterocycles. The van der Waals surface area contributed by atoms with Crippen molar-refractivity contribution in [1.82, 2.24) is 0 Å². The molecular weight excluding hydrogens is 240 g/mol. The Morgan fingerprint density at radius 1 is 1.29 bits per heavy atom. The summed E-state index contributed by atoms with van der Waals surface area (Å²) in [7, 11) is 1.35. The first-order chi connectivity index (χ1) is 8.13. The van der Waals surface area contributed by atoms with Gasteiger partial charge >= 0.3 is 11.9 Å². The van der Waals surface area contributed by atoms with Crippen molar-refractivity contribution in [2.75, 3.05) is 12.9 Å². The smallest absolute Gasteiger partial charge is 0.315 e. The van der Waals surface area contributed by atoms with E-state index in [1.54, 1.807) is 6.07 Å². The molecule has 1 rings (SSSR count). The van der Waals surface area contributed by atoms with Gasteiger partial charge in [0.05, 0.1) is 19.3 Å². The zero-order chi connectivity index (χ0) is 12.7. The molecule has 1 N–H and O–H groups in total. The average Bonchev–Trinajstić information content (AvgIpc) is 2.30. The predicted molar refractivity (Wildman–Crippen MR) is 66.0 cm³/mol. The van der Waals surface area contributed by atoms with E-state index in [2.05, 4.69) is 4.74 Å². The van der Waals surface area contributed by atoms with Crippen LogP contribution in [0.1, 0.15) is 11.1 Å². The summed E-state index contributed by atoms with van der Waals surface area (Å²) >= 11 is 1.41. The molecule has 0 spiro atoms. The number of rotatable bonds is 6. The van der Waals surface area contributed by atoms with Gasteiger partial charge in [0, 0.05) is 5.75 Å². The second-order valence-electron chi connectivity index (χ2n) is 3.41. The number of carbonyl (C=O) groups excluding carboxylic acids is 1. The van der Waals surface area contributed by atoms with Crippen molar-refractivity contribution >= 4 is 23.7 Å². The predicted octanol–water partition coefficient (Wildman–Crippen LogP) is 1.72. The van der Waals surface area contributed by atoms with Crippen molar-refractivity contribution in [1.29, 1.82) is 0 Å². The molecule has 1 aromatic carbocycles. The Bertz CT molecular complexity index is 403. The second-order valence-corrected chi connectivity index (χ2v) is 4.39. The molecule has 0 saturated heterocycles. The van der Waals surface area contributed by atoms with Gasteiger partial charge in [0.15, 0.2) is 0 Å². The molecule has 0 radical (unpaired) electrons. The molecule has 0 saturated carbocycles. The van der Waals surface area contributed by atoms with Crippen LogP contribution in [0.4, 0.5) is 0 Å². The number of aliphatic carboxylic acids is 1. The SMILES string of the molecule is COC(=O)CSCc1ccccc1CC(=O)O. The molecule has 0 unspecified atom stereocenters. The fraction of sp³-hybridized carbons (Fsp3) is 0.333. The minimum absolute atomic E-state index is 0.00889. The Morgan fingerprint density at radius 3 is 2.53 bits per heavy atom. The van der Waals surface area contributed by atoms with E-state index in [0.29, 0.717) is 5.75 Å². The first kappa shape index (κ1) is 13.6. The molecule has 0 aliphatic heterocycles. The number of benzene rings is 1. The number of hydrogen-bond donors (Lipinski definition) is 1. The first-order valence-electron chi connectivity index (χ1n) is 5.06. The van der Waals surface area contributed by atoms with Gasteiger partial charge in [-0.05, 0) is 11.1 Å². The van der Waals surface area contributed by atoms with Gasteiger partial charge < -0.3 is 9.84 Å². The van der Waals surface area contributed by atoms with Crippen molar-refractivity contribution in [3.8, 4) is 0 Å². The Balaban J connectivity index is 2.57. The number of esters is 1. The van der Waals surface area contributed by atoms with Crippen molar-refractivity contribution in [3.05, 3.63) is 35.4 Å². The van der Waals surface area contributed by atoms with Gasteiger partial charge in [0.25, 0.3) is 0 Å². The molecule has 5 heteroatoms. The Hall–Kier alpha value is -1.49. The molecule has 92 valence electrons. The normalized spacial score (nSPS) is 9.94. The maximum atomic E-state index is 10.9. The summed E-state index contributed by atoms with van der Waals surface area (Å²) in [5.74, 6) is -0.239. The summed E-state index contributed by atoms with van der Waals surface area (Å²) in [5, 5.41) is 8.76. The molecule has 17 heavy (non-hydrogen) atoms. The van der Waals surface area contributed by atoms with E-state index in [1.165, 1.54) is 18.9 Å². The lowest BCUT2D eigenvalue weighted by Gasteiger charge is -2.06. The van der Waals surface area contributed by atoms with Crippen LogP contribution in [0.3, 0.4) is 0 Å². The van der Waals surface area contributed by atoms with Crippen molar-refractivity contribution in [2.45, 2.75) is 12.2 Å². The van der Waals surface area contributed by atoms with E-state index in [-0.39, 0.29) is 18.1 Å². The van der Waals surface area contributed by atoms with Crippen molar-refractivity contribution in [3.63, 3.8) is 0 Å². The molecule has 0 atom stereocenters. The van der Waals surface area contributed by atoms with Crippen LogP contribution in [0, 0.1) is 0 Å². The third-order valence-corrected chi connectivity index (χ3v) is 3.12. The maximum Gasteiger partial charge on any atom is 0.315 e. The first-order valence-corrected chi connectivity index (χ1v) is 6.22. The van der Waals surface area contributed by atoms with E-state index in [4.69, 9.17) is 5.11 Å². The van der Waals surface area contributed by atoms with Gasteiger partial charge in [0.1, 0.15) is 0 Å². The highest BCUT2D eigenvalue weighted by Crippen LogP contribution is 2.17. The van der Waals surface area contributed by atoms with Crippen LogP contribution in [0.15, 0.2) is 24.3 Å². The van der Waals surface area contributed by atoms with Gasteiger partial charge in [-0.1, -0.05) is 24.3 Å². The monoisotopic (exact) mass is 254 g/mol. The average molecular weight is 254 g/mol. The highest BCUT2D eigenvalue weighted by Gasteiger charge is 2.07. The van der Waals surface area contributed by atoms with E-state index < -0.39 is 5.97 Å². The van der Waals surface area contributed by atoms with Crippen LogP contribution in [-0.2, 0) is 26.5 Å². The molecule has 1 aromatic rings. The standard InChI is InChI=1S/C12H14O4S/c1-16-12(15)8-17-7-10-5-3-2-4-9(10)6-11(13)14/h2-5H,6-8H2,1H3,(H,13,14). The molecule has 0 fully saturated rings. The molecule has 0 aromatic heterocycles. The largest absolute Gasteiger partial charge is 0.481 e. The minimum atomic E-state index is -0.851. The highest BCUT2D eigenvalue weighted by molar-refractivity contribution is 7.99. The number of thioether (sulfide) groups is 1. The zero-order valence-electron chi connectivity index (χ0n) is 9.51. The summed E-state index contributed by atoms with van der Waals surface area (Å²) in [4.78, 5) is 21.6. The van der Waals surface area contributed by atoms with Crippen LogP contribution >= 0.6 is 11.8 Å². The summed E-state index contributed by atoms with van der Waals surface area (Å²) in [6.45, 7) is 0. The number of carboxylic acids is 1. The van der Waals surface area contributed by atoms with Gasteiger partial charge in [-0.15, -0.1) is 11.8 Å². The van der Waals surface area contributed by atoms with Gasteiger partial charge in [-0.3, -0.25) is 9.59 Å². The summed E-state index contributed by atoms with van der Waals surface area (Å²) in [6.07, 6.45) is 0.00889. The van der Waals surface area contributed by atoms with Crippen molar-refractivity contribution < 1.29 is 19.4 Å². The van der Waals surface area contributed by atoms with Crippen LogP contribution in [0.2, 0.25) is 0 Å². The molecule has 4 nitrogen and oxygen atoms in total. The Morgan fingerprint density at radius 2 is 1.94 bits per heavy atom. The topological polar surface area (TPSA) is 63.6 Å². The lowest BCUT2D eigenvalue weighted by Crippen LogP contribution is -2.05. The fourth-order valence-electron chi connectivity index (χ4n) is 1.34. The van der Waals surface area contributed by atoms with E-state index in [1.807, 2.05) is 18.2 Å². The third kappa shape index (κ3) is 4.91. The zero-order valence-corrected chi connectivity index (χ0v) is 10.3. The molecule has 0 amide bonds. The molecular formula is C12H14O4S. The quantitative estimate of drug-likeness (QED) is 0.783. The third-order valence-electron chi connectivity index (χ3n) is 2.17. The van der Waals surface area contributed by atoms with E-state index >= 15 is 0 Å². The van der Waals surface area contributed by atoms with Crippen LogP contribution in [0.5, 0.6) is 0 Å². The fourth-order valence-corrected chi connectivity index (χ4v) is 2.23. The Labute approximate surface area is 104 Å². The van der Waals surface area contributed by atoms with Gasteiger partial charge in [-0.2, -0.15) is 0 Å². The second kappa shape index (κ2) is 6.96. The van der Waals surface area contributed by atoms with E-state index in [0.717, 1.165) is 11.1 Å². The van der Waals surface area contributed by atoms with E-state index in [9.17, 15) is 9.59 Å². The number of methoxy groups -OCH3 is 1. The Kier molecular flexibility index (Phi) is 5.56. The number of ether oxygens (including phenoxy) is 1. The lowest BCUT2D eigenvalue weighted by molar-refractivity contribution is -0.138. The van der Waals surface area contributed by atoms with Crippen LogP contribution < -0.4 is 0 Å². The van der Waals surface area contributed by atoms with Gasteiger partial charge in [0.2, 0.25) is 0 Å². The number of carboxylic acid groups (broad SMARTS) is 1. The maximum absolute atomic E-state index is 10.9. The molecule has 0 bridgehead atoms. The summed E-state index contributed by atoms with van der Waals surface area (Å²) < 4.78 is 4.53.